The van der Waals surface area contributed by atoms with E-state index in [9.17, 15) is 9.59 Å². The van der Waals surface area contributed by atoms with Crippen LogP contribution in [0.5, 0.6) is 5.75 Å². The van der Waals surface area contributed by atoms with E-state index in [1.165, 1.54) is 16.7 Å². The molecular weight excluding hydrogens is 506 g/mol. The van der Waals surface area contributed by atoms with E-state index >= 15 is 0 Å². The number of rotatable bonds is 13. The van der Waals surface area contributed by atoms with Crippen LogP contribution in [0.3, 0.4) is 0 Å². The fourth-order valence-corrected chi connectivity index (χ4v) is 4.64. The first-order valence-electron chi connectivity index (χ1n) is 12.7. The third-order valence-electron chi connectivity index (χ3n) is 5.80. The number of ether oxygens (including phenoxy) is 1. The fraction of sp³-hybridized carbons (Fsp3) is 0.156. The van der Waals surface area contributed by atoms with Gasteiger partial charge in [0.1, 0.15) is 5.75 Å². The van der Waals surface area contributed by atoms with Gasteiger partial charge in [-0.25, -0.2) is 5.43 Å². The van der Waals surface area contributed by atoms with Crippen LogP contribution < -0.4 is 15.5 Å². The van der Waals surface area contributed by atoms with E-state index in [1.807, 2.05) is 84.6 Å². The Labute approximate surface area is 233 Å². The standard InChI is InChI=1S/C32H31N3O3S/c36-31(33-20-19-25-7-3-1-4-8-25)22-38-30-17-13-26(14-18-30)21-34-35-32(37)29-15-11-28(12-16-29)24-39-23-27-9-5-2-6-10-27/h1-18,21H,19-20,22-24H2,(H,33,36)(H,35,37)/b34-21+. The molecule has 7 heteroatoms. The van der Waals surface area contributed by atoms with Crippen molar-refractivity contribution in [3.8, 4) is 5.75 Å². The lowest BCUT2D eigenvalue weighted by Gasteiger charge is -2.08. The second kappa shape index (κ2) is 15.1. The van der Waals surface area contributed by atoms with Crippen molar-refractivity contribution in [2.24, 2.45) is 5.10 Å². The zero-order chi connectivity index (χ0) is 27.1. The summed E-state index contributed by atoms with van der Waals surface area (Å²) in [6.07, 6.45) is 2.34. The molecule has 2 amide bonds. The molecule has 0 saturated carbocycles. The maximum absolute atomic E-state index is 12.4. The molecule has 0 radical (unpaired) electrons. The van der Waals surface area contributed by atoms with Gasteiger partial charge in [-0.05, 0) is 65.1 Å². The molecule has 0 saturated heterocycles. The Morgan fingerprint density at radius 2 is 1.36 bits per heavy atom. The van der Waals surface area contributed by atoms with Gasteiger partial charge < -0.3 is 10.1 Å². The molecule has 0 atom stereocenters. The maximum Gasteiger partial charge on any atom is 0.271 e. The van der Waals surface area contributed by atoms with Crippen LogP contribution in [0.2, 0.25) is 0 Å². The normalized spacial score (nSPS) is 10.8. The number of hydrogen-bond acceptors (Lipinski definition) is 5. The van der Waals surface area contributed by atoms with Crippen molar-refractivity contribution in [2.75, 3.05) is 13.2 Å². The number of amides is 2. The Morgan fingerprint density at radius 1 is 0.744 bits per heavy atom. The molecule has 6 nitrogen and oxygen atoms in total. The fourth-order valence-electron chi connectivity index (χ4n) is 3.68. The average Bonchev–Trinajstić information content (AvgIpc) is 2.98. The summed E-state index contributed by atoms with van der Waals surface area (Å²) in [6.45, 7) is 0.508. The summed E-state index contributed by atoms with van der Waals surface area (Å²) in [5.41, 5.74) is 7.55. The van der Waals surface area contributed by atoms with Crippen molar-refractivity contribution in [1.29, 1.82) is 0 Å². The Balaban J connectivity index is 1.14. The van der Waals surface area contributed by atoms with Gasteiger partial charge in [0, 0.05) is 23.6 Å². The highest BCUT2D eigenvalue weighted by Crippen LogP contribution is 2.18. The highest BCUT2D eigenvalue weighted by atomic mass is 32.2. The summed E-state index contributed by atoms with van der Waals surface area (Å²) >= 11 is 1.84. The molecule has 2 N–H and O–H groups in total. The van der Waals surface area contributed by atoms with Crippen LogP contribution in [0.25, 0.3) is 0 Å². The molecule has 0 spiro atoms. The number of carbonyl (C=O) groups excluding carboxylic acids is 2. The van der Waals surface area contributed by atoms with Gasteiger partial charge in [-0.3, -0.25) is 9.59 Å². The lowest BCUT2D eigenvalue weighted by Crippen LogP contribution is -2.30. The van der Waals surface area contributed by atoms with Crippen molar-refractivity contribution >= 4 is 29.8 Å². The highest BCUT2D eigenvalue weighted by Gasteiger charge is 2.05. The molecule has 4 rings (SSSR count). The number of carbonyl (C=O) groups is 2. The molecule has 0 fully saturated rings. The molecule has 0 unspecified atom stereocenters. The third kappa shape index (κ3) is 9.79. The molecule has 198 valence electrons. The van der Waals surface area contributed by atoms with Gasteiger partial charge in [0.15, 0.2) is 6.61 Å². The Hall–Kier alpha value is -4.36. The zero-order valence-corrected chi connectivity index (χ0v) is 22.4. The number of hydrazone groups is 1. The SMILES string of the molecule is O=C(COc1ccc(/C=N/NC(=O)c2ccc(CSCc3ccccc3)cc2)cc1)NCCc1ccccc1. The largest absolute Gasteiger partial charge is 0.484 e. The van der Waals surface area contributed by atoms with Crippen LogP contribution in [-0.4, -0.2) is 31.2 Å². The molecule has 4 aromatic carbocycles. The van der Waals surface area contributed by atoms with Crippen molar-refractivity contribution in [3.63, 3.8) is 0 Å². The van der Waals surface area contributed by atoms with E-state index in [-0.39, 0.29) is 18.4 Å². The van der Waals surface area contributed by atoms with Gasteiger partial charge in [0.05, 0.1) is 6.21 Å². The lowest BCUT2D eigenvalue weighted by molar-refractivity contribution is -0.123. The first kappa shape index (κ1) is 27.7. The third-order valence-corrected chi connectivity index (χ3v) is 6.88. The quantitative estimate of drug-likeness (QED) is 0.171. The first-order valence-corrected chi connectivity index (χ1v) is 13.9. The molecule has 0 bridgehead atoms. The number of nitrogens with zero attached hydrogens (tertiary/aromatic N) is 1. The van der Waals surface area contributed by atoms with Crippen molar-refractivity contribution in [2.45, 2.75) is 17.9 Å². The molecule has 4 aromatic rings. The summed E-state index contributed by atoms with van der Waals surface area (Å²) in [5, 5.41) is 6.91. The van der Waals surface area contributed by atoms with E-state index in [0.29, 0.717) is 17.9 Å². The van der Waals surface area contributed by atoms with E-state index in [0.717, 1.165) is 23.5 Å². The molecular formula is C32H31N3O3S. The smallest absolute Gasteiger partial charge is 0.271 e. The average molecular weight is 538 g/mol. The topological polar surface area (TPSA) is 79.8 Å². The van der Waals surface area contributed by atoms with Crippen LogP contribution in [0.4, 0.5) is 0 Å². The molecule has 0 aliphatic rings. The lowest BCUT2D eigenvalue weighted by atomic mass is 10.1. The second-order valence-corrected chi connectivity index (χ2v) is 9.80. The number of hydrogen-bond donors (Lipinski definition) is 2. The van der Waals surface area contributed by atoms with E-state index in [4.69, 9.17) is 4.74 Å². The Morgan fingerprint density at radius 3 is 2.03 bits per heavy atom. The van der Waals surface area contributed by atoms with Gasteiger partial charge in [0.25, 0.3) is 11.8 Å². The van der Waals surface area contributed by atoms with Crippen molar-refractivity contribution in [3.05, 3.63) is 137 Å². The van der Waals surface area contributed by atoms with Gasteiger partial charge >= 0.3 is 0 Å². The van der Waals surface area contributed by atoms with Gasteiger partial charge in [-0.1, -0.05) is 72.8 Å². The van der Waals surface area contributed by atoms with Crippen LogP contribution in [-0.2, 0) is 22.7 Å². The van der Waals surface area contributed by atoms with E-state index in [1.54, 1.807) is 30.5 Å². The molecule has 0 heterocycles. The van der Waals surface area contributed by atoms with Crippen LogP contribution in [0.1, 0.15) is 32.6 Å². The van der Waals surface area contributed by atoms with Gasteiger partial charge in [-0.15, -0.1) is 0 Å². The highest BCUT2D eigenvalue weighted by molar-refractivity contribution is 7.97. The van der Waals surface area contributed by atoms with E-state index in [2.05, 4.69) is 28.0 Å². The summed E-state index contributed by atoms with van der Waals surface area (Å²) in [4.78, 5) is 24.4. The van der Waals surface area contributed by atoms with Crippen LogP contribution >= 0.6 is 11.8 Å². The second-order valence-electron chi connectivity index (χ2n) is 8.82. The molecule has 0 aliphatic heterocycles. The maximum atomic E-state index is 12.4. The van der Waals surface area contributed by atoms with Crippen LogP contribution in [0, 0.1) is 0 Å². The summed E-state index contributed by atoms with van der Waals surface area (Å²) in [7, 11) is 0. The summed E-state index contributed by atoms with van der Waals surface area (Å²) in [5.74, 6) is 1.98. The predicted molar refractivity (Wildman–Crippen MR) is 158 cm³/mol. The molecule has 0 aliphatic carbocycles. The van der Waals surface area contributed by atoms with Crippen molar-refractivity contribution < 1.29 is 14.3 Å². The number of thioether (sulfide) groups is 1. The zero-order valence-electron chi connectivity index (χ0n) is 21.6. The number of nitrogens with one attached hydrogen (secondary N) is 2. The minimum Gasteiger partial charge on any atom is -0.484 e. The molecule has 0 aromatic heterocycles. The van der Waals surface area contributed by atoms with E-state index < -0.39 is 0 Å². The first-order chi connectivity index (χ1) is 19.2. The molecule has 39 heavy (non-hydrogen) atoms. The summed E-state index contributed by atoms with van der Waals surface area (Å²) in [6, 6.07) is 35.1. The predicted octanol–water partition coefficient (Wildman–Crippen LogP) is 5.62. The minimum atomic E-state index is -0.270. The Kier molecular flexibility index (Phi) is 10.7. The number of benzene rings is 4. The monoisotopic (exact) mass is 537 g/mol. The minimum absolute atomic E-state index is 0.0528. The Bertz CT molecular complexity index is 1340. The van der Waals surface area contributed by atoms with Gasteiger partial charge in [0.2, 0.25) is 0 Å². The van der Waals surface area contributed by atoms with Gasteiger partial charge in [-0.2, -0.15) is 16.9 Å². The summed E-state index contributed by atoms with van der Waals surface area (Å²) < 4.78 is 5.55. The van der Waals surface area contributed by atoms with Crippen LogP contribution in [0.15, 0.2) is 114 Å². The van der Waals surface area contributed by atoms with Crippen molar-refractivity contribution in [1.82, 2.24) is 10.7 Å².